The van der Waals surface area contributed by atoms with Crippen LogP contribution in [0, 0.1) is 11.8 Å². The minimum atomic E-state index is -1.59. The maximum atomic E-state index is 14.4. The Hall–Kier alpha value is -3.39. The van der Waals surface area contributed by atoms with Gasteiger partial charge in [0.15, 0.2) is 0 Å². The van der Waals surface area contributed by atoms with Crippen LogP contribution in [0.3, 0.4) is 0 Å². The second-order valence-electron chi connectivity index (χ2n) is 12.7. The van der Waals surface area contributed by atoms with Crippen LogP contribution in [0.4, 0.5) is 5.69 Å². The Morgan fingerprint density at radius 1 is 1.12 bits per heavy atom. The predicted molar refractivity (Wildman–Crippen MR) is 162 cm³/mol. The van der Waals surface area contributed by atoms with Gasteiger partial charge in [-0.2, -0.15) is 0 Å². The van der Waals surface area contributed by atoms with E-state index < -0.39 is 17.6 Å². The highest BCUT2D eigenvalue weighted by Gasteiger charge is 2.49. The van der Waals surface area contributed by atoms with Crippen molar-refractivity contribution in [2.45, 2.75) is 102 Å². The van der Waals surface area contributed by atoms with Crippen molar-refractivity contribution in [1.29, 1.82) is 0 Å². The van der Waals surface area contributed by atoms with Crippen molar-refractivity contribution in [3.63, 3.8) is 0 Å². The molecular weight excluding hydrogens is 530 g/mol. The SMILES string of the molecule is CCC[C@H](O)[C@](Cc1ccccc1)(NC(=O)c1cc(OC(C)C)cc(N2CCCC2=O)c1)C(=O)NC1CC2CCC1C2. The first kappa shape index (κ1) is 30.1. The lowest BCUT2D eigenvalue weighted by atomic mass is 9.81. The summed E-state index contributed by atoms with van der Waals surface area (Å²) in [6.45, 7) is 6.33. The first-order valence-corrected chi connectivity index (χ1v) is 15.7. The topological polar surface area (TPSA) is 108 Å². The summed E-state index contributed by atoms with van der Waals surface area (Å²) in [4.78, 5) is 42.8. The maximum absolute atomic E-state index is 14.4. The molecule has 1 heterocycles. The average Bonchev–Trinajstić information content (AvgIpc) is 3.70. The summed E-state index contributed by atoms with van der Waals surface area (Å²) in [5.41, 5.74) is 0.123. The molecule has 8 heteroatoms. The Morgan fingerprint density at radius 3 is 2.52 bits per heavy atom. The number of fused-ring (bicyclic) bond motifs is 2. The van der Waals surface area contributed by atoms with Crippen molar-refractivity contribution in [3.8, 4) is 5.75 Å². The van der Waals surface area contributed by atoms with Gasteiger partial charge < -0.3 is 25.4 Å². The van der Waals surface area contributed by atoms with Crippen LogP contribution in [0.5, 0.6) is 5.75 Å². The second kappa shape index (κ2) is 12.9. The molecule has 3 amide bonds. The van der Waals surface area contributed by atoms with Crippen molar-refractivity contribution in [2.75, 3.05) is 11.4 Å². The quantitative estimate of drug-likeness (QED) is 0.338. The number of hydrogen-bond donors (Lipinski definition) is 3. The molecule has 3 unspecified atom stereocenters. The number of nitrogens with one attached hydrogen (secondary N) is 2. The number of nitrogens with zero attached hydrogens (tertiary/aromatic N) is 1. The van der Waals surface area contributed by atoms with Gasteiger partial charge in [-0.3, -0.25) is 14.4 Å². The molecule has 3 aliphatic rings. The van der Waals surface area contributed by atoms with E-state index in [0.29, 0.717) is 49.1 Å². The molecular formula is C34H45N3O5. The van der Waals surface area contributed by atoms with E-state index in [1.807, 2.05) is 51.1 Å². The fourth-order valence-corrected chi connectivity index (χ4v) is 7.10. The molecule has 0 spiro atoms. The van der Waals surface area contributed by atoms with E-state index in [1.54, 1.807) is 23.1 Å². The number of amides is 3. The molecule has 2 aromatic rings. The summed E-state index contributed by atoms with van der Waals surface area (Å²) >= 11 is 0. The first-order valence-electron chi connectivity index (χ1n) is 15.7. The van der Waals surface area contributed by atoms with E-state index >= 15 is 0 Å². The van der Waals surface area contributed by atoms with Crippen LogP contribution >= 0.6 is 0 Å². The minimum Gasteiger partial charge on any atom is -0.491 e. The number of hydrogen-bond acceptors (Lipinski definition) is 5. The lowest BCUT2D eigenvalue weighted by Crippen LogP contribution is -2.67. The van der Waals surface area contributed by atoms with Crippen LogP contribution in [0.2, 0.25) is 0 Å². The van der Waals surface area contributed by atoms with Crippen LogP contribution in [0.1, 0.15) is 88.1 Å². The number of carbonyl (C=O) groups excluding carboxylic acids is 3. The summed E-state index contributed by atoms with van der Waals surface area (Å²) in [6.07, 6.45) is 5.48. The van der Waals surface area contributed by atoms with Crippen molar-refractivity contribution in [1.82, 2.24) is 10.6 Å². The van der Waals surface area contributed by atoms with Crippen molar-refractivity contribution >= 4 is 23.4 Å². The number of aliphatic hydroxyl groups excluding tert-OH is 1. The van der Waals surface area contributed by atoms with E-state index in [1.165, 1.54) is 6.42 Å². The lowest BCUT2D eigenvalue weighted by molar-refractivity contribution is -0.133. The Bertz CT molecular complexity index is 1280. The normalized spacial score (nSPS) is 23.6. The molecule has 1 aliphatic heterocycles. The third-order valence-corrected chi connectivity index (χ3v) is 9.16. The van der Waals surface area contributed by atoms with Gasteiger partial charge in [-0.15, -0.1) is 0 Å². The lowest BCUT2D eigenvalue weighted by Gasteiger charge is -2.39. The molecule has 5 atom stereocenters. The van der Waals surface area contributed by atoms with E-state index in [0.717, 1.165) is 31.2 Å². The van der Waals surface area contributed by atoms with Gasteiger partial charge in [0.1, 0.15) is 11.3 Å². The van der Waals surface area contributed by atoms with Gasteiger partial charge in [-0.25, -0.2) is 0 Å². The van der Waals surface area contributed by atoms with Crippen molar-refractivity contribution in [2.24, 2.45) is 11.8 Å². The van der Waals surface area contributed by atoms with E-state index in [2.05, 4.69) is 10.6 Å². The number of benzene rings is 2. The van der Waals surface area contributed by atoms with Gasteiger partial charge >= 0.3 is 0 Å². The van der Waals surface area contributed by atoms with Crippen LogP contribution in [-0.4, -0.2) is 53.2 Å². The van der Waals surface area contributed by atoms with Gasteiger partial charge in [0.25, 0.3) is 5.91 Å². The molecule has 3 N–H and O–H groups in total. The molecule has 0 radical (unpaired) electrons. The summed E-state index contributed by atoms with van der Waals surface area (Å²) in [5.74, 6) is 0.716. The Morgan fingerprint density at radius 2 is 1.90 bits per heavy atom. The molecule has 42 heavy (non-hydrogen) atoms. The molecule has 226 valence electrons. The van der Waals surface area contributed by atoms with E-state index in [9.17, 15) is 19.5 Å². The first-order chi connectivity index (χ1) is 20.2. The molecule has 5 rings (SSSR count). The highest BCUT2D eigenvalue weighted by Crippen LogP contribution is 2.44. The highest BCUT2D eigenvalue weighted by atomic mass is 16.5. The highest BCUT2D eigenvalue weighted by molar-refractivity contribution is 6.02. The number of rotatable bonds is 12. The molecule has 3 fully saturated rings. The zero-order valence-corrected chi connectivity index (χ0v) is 25.1. The average molecular weight is 576 g/mol. The van der Waals surface area contributed by atoms with Crippen molar-refractivity contribution < 1.29 is 24.2 Å². The number of anilines is 1. The summed E-state index contributed by atoms with van der Waals surface area (Å²) in [7, 11) is 0. The second-order valence-corrected chi connectivity index (χ2v) is 12.7. The predicted octanol–water partition coefficient (Wildman–Crippen LogP) is 4.78. The van der Waals surface area contributed by atoms with Gasteiger partial charge in [-0.1, -0.05) is 50.1 Å². The fraction of sp³-hybridized carbons (Fsp3) is 0.559. The van der Waals surface area contributed by atoms with Gasteiger partial charge in [0.05, 0.1) is 12.2 Å². The smallest absolute Gasteiger partial charge is 0.252 e. The standard InChI is InChI=1S/C34H45N3O5/c1-4-9-30(38)34(21-23-10-6-5-7-11-23,33(41)35-29-17-24-13-14-25(29)16-24)36-32(40)26-18-27(37-15-8-12-31(37)39)20-28(19-26)42-22(2)3/h5-7,10-11,18-20,22,24-25,29-30,38H,4,8-9,12-17,21H2,1-3H3,(H,35,41)(H,36,40)/t24?,25?,29?,30-,34-/m0/s1. The van der Waals surface area contributed by atoms with E-state index in [-0.39, 0.29) is 35.9 Å². The summed E-state index contributed by atoms with van der Waals surface area (Å²) in [5, 5.41) is 18.0. The number of ether oxygens (including phenoxy) is 1. The molecule has 0 aromatic heterocycles. The zero-order valence-electron chi connectivity index (χ0n) is 25.1. The zero-order chi connectivity index (χ0) is 29.9. The van der Waals surface area contributed by atoms with Crippen LogP contribution < -0.4 is 20.3 Å². The van der Waals surface area contributed by atoms with Gasteiger partial charge in [0.2, 0.25) is 11.8 Å². The number of carbonyl (C=O) groups is 3. The molecule has 2 aliphatic carbocycles. The van der Waals surface area contributed by atoms with Crippen LogP contribution in [-0.2, 0) is 16.0 Å². The molecule has 2 aromatic carbocycles. The third kappa shape index (κ3) is 6.48. The molecule has 2 bridgehead atoms. The van der Waals surface area contributed by atoms with E-state index in [4.69, 9.17) is 4.74 Å². The minimum absolute atomic E-state index is 0.00471. The maximum Gasteiger partial charge on any atom is 0.252 e. The van der Waals surface area contributed by atoms with Gasteiger partial charge in [-0.05, 0) is 75.5 Å². The fourth-order valence-electron chi connectivity index (χ4n) is 7.10. The largest absolute Gasteiger partial charge is 0.491 e. The molecule has 8 nitrogen and oxygen atoms in total. The Balaban J connectivity index is 1.51. The summed E-state index contributed by atoms with van der Waals surface area (Å²) < 4.78 is 5.97. The Labute approximate surface area is 249 Å². The molecule has 1 saturated heterocycles. The molecule has 2 saturated carbocycles. The van der Waals surface area contributed by atoms with Gasteiger partial charge in [0, 0.05) is 42.7 Å². The van der Waals surface area contributed by atoms with Crippen LogP contribution in [0.15, 0.2) is 48.5 Å². The van der Waals surface area contributed by atoms with Crippen molar-refractivity contribution in [3.05, 3.63) is 59.7 Å². The Kier molecular flexibility index (Phi) is 9.21. The monoisotopic (exact) mass is 575 g/mol. The third-order valence-electron chi connectivity index (χ3n) is 9.16. The summed E-state index contributed by atoms with van der Waals surface area (Å²) in [6, 6.07) is 14.7. The number of aliphatic hydroxyl groups is 1. The van der Waals surface area contributed by atoms with Crippen LogP contribution in [0.25, 0.3) is 0 Å².